The number of rotatable bonds is 11. The molecule has 1 saturated heterocycles. The Morgan fingerprint density at radius 2 is 1.44 bits per heavy atom. The van der Waals surface area contributed by atoms with E-state index < -0.39 is 41.6 Å². The molecule has 1 aliphatic rings. The molecule has 226 valence electrons. The zero-order valence-electron chi connectivity index (χ0n) is 24.8. The maximum atomic E-state index is 14.1. The topological polar surface area (TPSA) is 102 Å². The fourth-order valence-electron chi connectivity index (χ4n) is 4.86. The van der Waals surface area contributed by atoms with Crippen LogP contribution in [0.3, 0.4) is 0 Å². The highest BCUT2D eigenvalue weighted by atomic mass is 16.6. The summed E-state index contributed by atoms with van der Waals surface area (Å²) in [5, 5.41) is 0. The Bertz CT molecular complexity index is 1370. The minimum Gasteiger partial charge on any atom is -0.460 e. The third-order valence-corrected chi connectivity index (χ3v) is 6.82. The second-order valence-electron chi connectivity index (χ2n) is 11.5. The molecule has 9 heteroatoms. The summed E-state index contributed by atoms with van der Waals surface area (Å²) < 4.78 is 16.5. The van der Waals surface area contributed by atoms with Crippen LogP contribution in [0.1, 0.15) is 43.9 Å². The SMILES string of the molecule is CC(C)(C)OC(=O)C[C@H](CN(Cc1ccccc1)C(=O)OCc1ccccc1)C(=O)N1C(=O)OC[C@H]1Cc1ccccc1. The number of esters is 1. The number of hydrogen-bond acceptors (Lipinski definition) is 7. The number of nitrogens with zero attached hydrogens (tertiary/aromatic N) is 2. The van der Waals surface area contributed by atoms with Crippen molar-refractivity contribution in [1.82, 2.24) is 9.80 Å². The molecular weight excluding hydrogens is 548 g/mol. The summed E-state index contributed by atoms with van der Waals surface area (Å²) in [4.78, 5) is 55.9. The summed E-state index contributed by atoms with van der Waals surface area (Å²) >= 11 is 0. The summed E-state index contributed by atoms with van der Waals surface area (Å²) in [5.74, 6) is -2.31. The molecule has 0 radical (unpaired) electrons. The van der Waals surface area contributed by atoms with E-state index in [-0.39, 0.29) is 32.7 Å². The Balaban J connectivity index is 1.60. The lowest BCUT2D eigenvalue weighted by atomic mass is 9.99. The third kappa shape index (κ3) is 9.43. The molecule has 1 heterocycles. The van der Waals surface area contributed by atoms with Crippen molar-refractivity contribution in [3.63, 3.8) is 0 Å². The van der Waals surface area contributed by atoms with Crippen molar-refractivity contribution in [3.05, 3.63) is 108 Å². The van der Waals surface area contributed by atoms with Crippen molar-refractivity contribution in [2.45, 2.75) is 58.4 Å². The van der Waals surface area contributed by atoms with Gasteiger partial charge in [0.25, 0.3) is 0 Å². The van der Waals surface area contributed by atoms with E-state index >= 15 is 0 Å². The van der Waals surface area contributed by atoms with E-state index in [9.17, 15) is 19.2 Å². The minimum absolute atomic E-state index is 0.0332. The molecule has 0 aliphatic carbocycles. The fourth-order valence-corrected chi connectivity index (χ4v) is 4.86. The Morgan fingerprint density at radius 3 is 2.02 bits per heavy atom. The summed E-state index contributed by atoms with van der Waals surface area (Å²) in [6, 6.07) is 27.4. The van der Waals surface area contributed by atoms with E-state index in [2.05, 4.69) is 0 Å². The number of benzene rings is 3. The maximum Gasteiger partial charge on any atom is 0.416 e. The van der Waals surface area contributed by atoms with Gasteiger partial charge in [-0.2, -0.15) is 0 Å². The Morgan fingerprint density at radius 1 is 0.884 bits per heavy atom. The lowest BCUT2D eigenvalue weighted by Crippen LogP contribution is -2.48. The molecule has 0 saturated carbocycles. The van der Waals surface area contributed by atoms with Crippen LogP contribution in [0.2, 0.25) is 0 Å². The van der Waals surface area contributed by atoms with Gasteiger partial charge in [-0.1, -0.05) is 91.0 Å². The quantitative estimate of drug-likeness (QED) is 0.208. The minimum atomic E-state index is -1.09. The molecule has 1 aliphatic heterocycles. The van der Waals surface area contributed by atoms with Crippen molar-refractivity contribution < 1.29 is 33.4 Å². The van der Waals surface area contributed by atoms with E-state index in [0.29, 0.717) is 6.42 Å². The summed E-state index contributed by atoms with van der Waals surface area (Å²) in [6.07, 6.45) is -1.37. The molecule has 3 aromatic carbocycles. The van der Waals surface area contributed by atoms with E-state index in [1.807, 2.05) is 91.0 Å². The average molecular weight is 587 g/mol. The Labute approximate surface area is 252 Å². The molecule has 0 N–H and O–H groups in total. The second kappa shape index (κ2) is 14.5. The van der Waals surface area contributed by atoms with Crippen molar-refractivity contribution in [2.75, 3.05) is 13.2 Å². The highest BCUT2D eigenvalue weighted by molar-refractivity contribution is 5.96. The molecule has 0 spiro atoms. The van der Waals surface area contributed by atoms with Gasteiger partial charge in [-0.25, -0.2) is 14.5 Å². The van der Waals surface area contributed by atoms with Gasteiger partial charge in [0.2, 0.25) is 5.91 Å². The van der Waals surface area contributed by atoms with Gasteiger partial charge in [0.05, 0.1) is 18.4 Å². The van der Waals surface area contributed by atoms with Crippen LogP contribution in [0.25, 0.3) is 0 Å². The highest BCUT2D eigenvalue weighted by Crippen LogP contribution is 2.24. The monoisotopic (exact) mass is 586 g/mol. The highest BCUT2D eigenvalue weighted by Gasteiger charge is 2.42. The lowest BCUT2D eigenvalue weighted by Gasteiger charge is -2.30. The van der Waals surface area contributed by atoms with Gasteiger partial charge in [-0.05, 0) is 43.9 Å². The van der Waals surface area contributed by atoms with Crippen LogP contribution in [0.5, 0.6) is 0 Å². The first kappa shape index (κ1) is 31.3. The van der Waals surface area contributed by atoms with E-state index in [4.69, 9.17) is 14.2 Å². The van der Waals surface area contributed by atoms with Crippen LogP contribution < -0.4 is 0 Å². The van der Waals surface area contributed by atoms with Crippen LogP contribution in [-0.2, 0) is 43.4 Å². The first-order valence-electron chi connectivity index (χ1n) is 14.3. The largest absolute Gasteiger partial charge is 0.460 e. The normalized spacial score (nSPS) is 15.4. The van der Waals surface area contributed by atoms with E-state index in [1.165, 1.54) is 4.90 Å². The van der Waals surface area contributed by atoms with Gasteiger partial charge in [-0.15, -0.1) is 0 Å². The van der Waals surface area contributed by atoms with Gasteiger partial charge < -0.3 is 19.1 Å². The number of carbonyl (C=O) groups excluding carboxylic acids is 4. The zero-order chi connectivity index (χ0) is 30.8. The first-order chi connectivity index (χ1) is 20.6. The third-order valence-electron chi connectivity index (χ3n) is 6.82. The van der Waals surface area contributed by atoms with Crippen molar-refractivity contribution >= 4 is 24.1 Å². The molecule has 3 amide bonds. The van der Waals surface area contributed by atoms with E-state index in [0.717, 1.165) is 21.6 Å². The summed E-state index contributed by atoms with van der Waals surface area (Å²) in [5.41, 5.74) is 1.76. The molecule has 2 atom stereocenters. The molecule has 3 aromatic rings. The smallest absolute Gasteiger partial charge is 0.416 e. The van der Waals surface area contributed by atoms with Crippen LogP contribution in [0.4, 0.5) is 9.59 Å². The molecule has 9 nitrogen and oxygen atoms in total. The van der Waals surface area contributed by atoms with Crippen LogP contribution >= 0.6 is 0 Å². The second-order valence-corrected chi connectivity index (χ2v) is 11.5. The lowest BCUT2D eigenvalue weighted by molar-refractivity contribution is -0.158. The number of imide groups is 1. The number of amides is 3. The van der Waals surface area contributed by atoms with E-state index in [1.54, 1.807) is 20.8 Å². The van der Waals surface area contributed by atoms with Gasteiger partial charge >= 0.3 is 18.2 Å². The van der Waals surface area contributed by atoms with Gasteiger partial charge in [-0.3, -0.25) is 9.59 Å². The molecule has 4 rings (SSSR count). The average Bonchev–Trinajstić information content (AvgIpc) is 3.34. The predicted octanol–water partition coefficient (Wildman–Crippen LogP) is 5.76. The number of carbonyl (C=O) groups is 4. The standard InChI is InChI=1S/C34H38N2O7/c1-34(2,3)43-30(37)20-28(31(38)36-29(24-42-33(36)40)19-25-13-7-4-8-14-25)22-35(21-26-15-9-5-10-16-26)32(39)41-23-27-17-11-6-12-18-27/h4-18,28-29H,19-24H2,1-3H3/t28-,29-/m1/s1. The fraction of sp³-hybridized carbons (Fsp3) is 0.353. The Kier molecular flexibility index (Phi) is 10.5. The van der Waals surface area contributed by atoms with Crippen molar-refractivity contribution in [2.24, 2.45) is 5.92 Å². The first-order valence-corrected chi connectivity index (χ1v) is 14.3. The molecular formula is C34H38N2O7. The number of ether oxygens (including phenoxy) is 3. The molecule has 1 fully saturated rings. The Hall–Kier alpha value is -4.66. The number of cyclic esters (lactones) is 1. The predicted molar refractivity (Wildman–Crippen MR) is 160 cm³/mol. The van der Waals surface area contributed by atoms with Gasteiger partial charge in [0.1, 0.15) is 18.8 Å². The van der Waals surface area contributed by atoms with Gasteiger partial charge in [0.15, 0.2) is 0 Å². The number of hydrogen-bond donors (Lipinski definition) is 0. The zero-order valence-corrected chi connectivity index (χ0v) is 24.8. The molecule has 0 bridgehead atoms. The molecule has 0 aromatic heterocycles. The van der Waals surface area contributed by atoms with Crippen LogP contribution in [0, 0.1) is 5.92 Å². The summed E-state index contributed by atoms with van der Waals surface area (Å²) in [6.45, 7) is 5.22. The maximum absolute atomic E-state index is 14.1. The molecule has 43 heavy (non-hydrogen) atoms. The summed E-state index contributed by atoms with van der Waals surface area (Å²) in [7, 11) is 0. The molecule has 0 unspecified atom stereocenters. The van der Waals surface area contributed by atoms with Crippen molar-refractivity contribution in [3.8, 4) is 0 Å². The van der Waals surface area contributed by atoms with Crippen LogP contribution in [-0.4, -0.2) is 58.7 Å². The van der Waals surface area contributed by atoms with Crippen LogP contribution in [0.15, 0.2) is 91.0 Å². The van der Waals surface area contributed by atoms with Gasteiger partial charge in [0, 0.05) is 13.1 Å². The van der Waals surface area contributed by atoms with Crippen molar-refractivity contribution in [1.29, 1.82) is 0 Å².